The highest BCUT2D eigenvalue weighted by atomic mass is 16.6. The Balaban J connectivity index is 2.76. The quantitative estimate of drug-likeness (QED) is 0.562. The number of ether oxygens (including phenoxy) is 1. The number of aliphatic hydroxyl groups excluding tert-OH is 1. The van der Waals surface area contributed by atoms with E-state index in [-0.39, 0.29) is 29.9 Å². The van der Waals surface area contributed by atoms with Gasteiger partial charge >= 0.3 is 5.69 Å². The molecule has 0 radical (unpaired) electrons. The lowest BCUT2D eigenvalue weighted by Crippen LogP contribution is -2.29. The zero-order valence-corrected chi connectivity index (χ0v) is 12.2. The first kappa shape index (κ1) is 16.9. The van der Waals surface area contributed by atoms with Gasteiger partial charge in [0.25, 0.3) is 5.91 Å². The van der Waals surface area contributed by atoms with Crippen molar-refractivity contribution >= 4 is 11.6 Å². The molecular weight excluding hydrogens is 276 g/mol. The van der Waals surface area contributed by atoms with E-state index in [4.69, 9.17) is 9.84 Å². The third kappa shape index (κ3) is 4.71. The molecule has 0 aliphatic carbocycles. The Hall–Kier alpha value is -2.15. The molecule has 1 unspecified atom stereocenters. The number of rotatable bonds is 8. The van der Waals surface area contributed by atoms with Crippen molar-refractivity contribution in [3.8, 4) is 5.75 Å². The van der Waals surface area contributed by atoms with Crippen LogP contribution in [0.3, 0.4) is 0 Å². The molecular formula is C14H20N2O5. The Morgan fingerprint density at radius 3 is 2.76 bits per heavy atom. The molecule has 1 rings (SSSR count). The van der Waals surface area contributed by atoms with E-state index >= 15 is 0 Å². The van der Waals surface area contributed by atoms with Gasteiger partial charge in [0.1, 0.15) is 0 Å². The third-order valence-electron chi connectivity index (χ3n) is 3.30. The zero-order chi connectivity index (χ0) is 15.8. The first-order valence-electron chi connectivity index (χ1n) is 6.74. The van der Waals surface area contributed by atoms with Crippen molar-refractivity contribution in [2.45, 2.75) is 19.8 Å². The Morgan fingerprint density at radius 1 is 1.52 bits per heavy atom. The predicted octanol–water partition coefficient (Wildman–Crippen LogP) is 1.74. The van der Waals surface area contributed by atoms with E-state index in [2.05, 4.69) is 5.32 Å². The fraction of sp³-hybridized carbons (Fsp3) is 0.500. The van der Waals surface area contributed by atoms with Crippen LogP contribution < -0.4 is 10.1 Å². The number of amides is 1. The van der Waals surface area contributed by atoms with Crippen molar-refractivity contribution in [2.24, 2.45) is 5.92 Å². The van der Waals surface area contributed by atoms with Crippen LogP contribution in [0.25, 0.3) is 0 Å². The molecule has 0 fully saturated rings. The molecule has 116 valence electrons. The lowest BCUT2D eigenvalue weighted by molar-refractivity contribution is -0.385. The maximum atomic E-state index is 12.0. The average molecular weight is 296 g/mol. The van der Waals surface area contributed by atoms with Crippen molar-refractivity contribution in [3.63, 3.8) is 0 Å². The molecule has 1 aromatic carbocycles. The number of nitrogens with zero attached hydrogens (tertiary/aromatic N) is 1. The van der Waals surface area contributed by atoms with Crippen LogP contribution in [0.5, 0.6) is 5.75 Å². The summed E-state index contributed by atoms with van der Waals surface area (Å²) >= 11 is 0. The summed E-state index contributed by atoms with van der Waals surface area (Å²) < 4.78 is 4.93. The number of aliphatic hydroxyl groups is 1. The molecule has 1 amide bonds. The van der Waals surface area contributed by atoms with E-state index < -0.39 is 4.92 Å². The first-order chi connectivity index (χ1) is 10.0. The maximum Gasteiger partial charge on any atom is 0.310 e. The van der Waals surface area contributed by atoms with Gasteiger partial charge in [-0.15, -0.1) is 0 Å². The van der Waals surface area contributed by atoms with Crippen LogP contribution in [0.4, 0.5) is 5.69 Å². The van der Waals surface area contributed by atoms with Crippen LogP contribution in [-0.4, -0.2) is 36.2 Å². The van der Waals surface area contributed by atoms with E-state index in [1.807, 2.05) is 6.92 Å². The Morgan fingerprint density at radius 2 is 2.24 bits per heavy atom. The summed E-state index contributed by atoms with van der Waals surface area (Å²) in [6, 6.07) is 3.99. The van der Waals surface area contributed by atoms with E-state index in [0.717, 1.165) is 6.42 Å². The van der Waals surface area contributed by atoms with Crippen LogP contribution >= 0.6 is 0 Å². The van der Waals surface area contributed by atoms with Crippen LogP contribution in [0, 0.1) is 16.0 Å². The molecule has 1 atom stereocenters. The summed E-state index contributed by atoms with van der Waals surface area (Å²) in [5.41, 5.74) is 0.122. The monoisotopic (exact) mass is 296 g/mol. The summed E-state index contributed by atoms with van der Waals surface area (Å²) in [6.07, 6.45) is 1.48. The molecule has 7 heteroatoms. The number of nitrogens with one attached hydrogen (secondary N) is 1. The van der Waals surface area contributed by atoms with Crippen molar-refractivity contribution in [3.05, 3.63) is 33.9 Å². The highest BCUT2D eigenvalue weighted by molar-refractivity contribution is 5.95. The molecule has 0 saturated heterocycles. The van der Waals surface area contributed by atoms with Gasteiger partial charge < -0.3 is 15.2 Å². The van der Waals surface area contributed by atoms with E-state index in [9.17, 15) is 14.9 Å². The molecule has 2 N–H and O–H groups in total. The number of carbonyl (C=O) groups is 1. The van der Waals surface area contributed by atoms with Gasteiger partial charge in [-0.2, -0.15) is 0 Å². The summed E-state index contributed by atoms with van der Waals surface area (Å²) in [5, 5.41) is 22.5. The van der Waals surface area contributed by atoms with Crippen molar-refractivity contribution in [1.29, 1.82) is 0 Å². The zero-order valence-electron chi connectivity index (χ0n) is 12.2. The van der Waals surface area contributed by atoms with E-state index in [1.54, 1.807) is 0 Å². The second-order valence-corrected chi connectivity index (χ2v) is 4.64. The Kier molecular flexibility index (Phi) is 6.61. The minimum Gasteiger partial charge on any atom is -0.490 e. The molecule has 0 aromatic heterocycles. The third-order valence-corrected chi connectivity index (χ3v) is 3.30. The highest BCUT2D eigenvalue weighted by Crippen LogP contribution is 2.27. The standard InChI is InChI=1S/C14H20N2O5/c1-3-10(6-7-17)9-15-14(18)11-4-5-12(16(19)20)13(8-11)21-2/h4-5,8,10,17H,3,6-7,9H2,1-2H3,(H,15,18). The number of methoxy groups -OCH3 is 1. The van der Waals surface area contributed by atoms with Gasteiger partial charge in [0.15, 0.2) is 5.75 Å². The van der Waals surface area contributed by atoms with Gasteiger partial charge in [-0.25, -0.2) is 0 Å². The summed E-state index contributed by atoms with van der Waals surface area (Å²) in [7, 11) is 1.32. The fourth-order valence-electron chi connectivity index (χ4n) is 1.94. The van der Waals surface area contributed by atoms with Gasteiger partial charge in [-0.05, 0) is 18.4 Å². The van der Waals surface area contributed by atoms with E-state index in [0.29, 0.717) is 18.5 Å². The summed E-state index contributed by atoms with van der Waals surface area (Å²) in [6.45, 7) is 2.52. The molecule has 7 nitrogen and oxygen atoms in total. The number of carbonyl (C=O) groups excluding carboxylic acids is 1. The van der Waals surface area contributed by atoms with Crippen molar-refractivity contribution < 1.29 is 19.6 Å². The normalized spacial score (nSPS) is 11.8. The van der Waals surface area contributed by atoms with E-state index in [1.165, 1.54) is 25.3 Å². The Bertz CT molecular complexity index is 504. The average Bonchev–Trinajstić information content (AvgIpc) is 2.50. The molecule has 0 aliphatic rings. The maximum absolute atomic E-state index is 12.0. The topological polar surface area (TPSA) is 102 Å². The van der Waals surface area contributed by atoms with Gasteiger partial charge in [0, 0.05) is 30.8 Å². The summed E-state index contributed by atoms with van der Waals surface area (Å²) in [5.74, 6) is -0.0615. The van der Waals surface area contributed by atoms with Gasteiger partial charge in [0.2, 0.25) is 0 Å². The molecule has 0 saturated carbocycles. The second kappa shape index (κ2) is 8.21. The number of nitro benzene ring substituents is 1. The van der Waals surface area contributed by atoms with Crippen LogP contribution in [0.2, 0.25) is 0 Å². The number of hydrogen-bond acceptors (Lipinski definition) is 5. The smallest absolute Gasteiger partial charge is 0.310 e. The Labute approximate surface area is 123 Å². The number of benzene rings is 1. The molecule has 21 heavy (non-hydrogen) atoms. The predicted molar refractivity (Wildman–Crippen MR) is 77.5 cm³/mol. The second-order valence-electron chi connectivity index (χ2n) is 4.64. The first-order valence-corrected chi connectivity index (χ1v) is 6.74. The minimum absolute atomic E-state index is 0.0510. The fourth-order valence-corrected chi connectivity index (χ4v) is 1.94. The SMILES string of the molecule is CCC(CCO)CNC(=O)c1ccc([N+](=O)[O-])c(OC)c1. The van der Waals surface area contributed by atoms with Gasteiger partial charge in [-0.1, -0.05) is 13.3 Å². The van der Waals surface area contributed by atoms with Crippen LogP contribution in [0.15, 0.2) is 18.2 Å². The van der Waals surface area contributed by atoms with Crippen molar-refractivity contribution in [1.82, 2.24) is 5.32 Å². The lowest BCUT2D eigenvalue weighted by Gasteiger charge is -2.14. The van der Waals surface area contributed by atoms with Crippen LogP contribution in [0.1, 0.15) is 30.1 Å². The van der Waals surface area contributed by atoms with Crippen molar-refractivity contribution in [2.75, 3.05) is 20.3 Å². The molecule has 1 aromatic rings. The van der Waals surface area contributed by atoms with Gasteiger partial charge in [-0.3, -0.25) is 14.9 Å². The number of hydrogen-bond donors (Lipinski definition) is 2. The minimum atomic E-state index is -0.561. The molecule has 0 aliphatic heterocycles. The molecule has 0 bridgehead atoms. The van der Waals surface area contributed by atoms with Crippen LogP contribution in [-0.2, 0) is 0 Å². The number of nitro groups is 1. The van der Waals surface area contributed by atoms with Gasteiger partial charge in [0.05, 0.1) is 12.0 Å². The largest absolute Gasteiger partial charge is 0.490 e. The summed E-state index contributed by atoms with van der Waals surface area (Å²) in [4.78, 5) is 22.2. The lowest BCUT2D eigenvalue weighted by atomic mass is 10.0. The highest BCUT2D eigenvalue weighted by Gasteiger charge is 2.17. The molecule has 0 heterocycles. The molecule has 0 spiro atoms.